The number of para-hydroxylation sites is 1. The quantitative estimate of drug-likeness (QED) is 0.701. The van der Waals surface area contributed by atoms with Crippen molar-refractivity contribution in [3.63, 3.8) is 0 Å². The van der Waals surface area contributed by atoms with Crippen molar-refractivity contribution in [1.82, 2.24) is 14.3 Å². The number of benzene rings is 1. The molecule has 1 aromatic carbocycles. The Morgan fingerprint density at radius 3 is 2.68 bits per heavy atom. The summed E-state index contributed by atoms with van der Waals surface area (Å²) in [5.74, 6) is 0. The first-order valence-electron chi connectivity index (χ1n) is 6.23. The molecule has 2 aromatic heterocycles. The van der Waals surface area contributed by atoms with E-state index in [-0.39, 0.29) is 5.56 Å². The summed E-state index contributed by atoms with van der Waals surface area (Å²) in [6.45, 7) is 2.52. The molecule has 0 bridgehead atoms. The van der Waals surface area contributed by atoms with Crippen molar-refractivity contribution in [1.29, 1.82) is 0 Å². The third kappa shape index (κ3) is 2.05. The molecule has 0 saturated heterocycles. The van der Waals surface area contributed by atoms with Crippen LogP contribution in [0.5, 0.6) is 0 Å². The number of hydrogen-bond acceptors (Lipinski definition) is 2. The lowest BCUT2D eigenvalue weighted by Gasteiger charge is -2.09. The maximum absolute atomic E-state index is 12.1. The van der Waals surface area contributed by atoms with Gasteiger partial charge >= 0.3 is 0 Å². The van der Waals surface area contributed by atoms with E-state index in [0.29, 0.717) is 6.54 Å². The summed E-state index contributed by atoms with van der Waals surface area (Å²) in [5, 5.41) is 5.39. The topological polar surface area (TPSA) is 39.8 Å². The summed E-state index contributed by atoms with van der Waals surface area (Å²) in [5.41, 5.74) is 3.00. The molecule has 0 saturated carbocycles. The Hall–Kier alpha value is -2.36. The van der Waals surface area contributed by atoms with Crippen LogP contribution in [0.4, 0.5) is 0 Å². The Bertz CT molecular complexity index is 799. The van der Waals surface area contributed by atoms with Crippen molar-refractivity contribution >= 4 is 10.9 Å². The van der Waals surface area contributed by atoms with Crippen LogP contribution in [0, 0.1) is 6.92 Å². The second-order valence-corrected chi connectivity index (χ2v) is 4.73. The monoisotopic (exact) mass is 253 g/mol. The molecule has 0 unspecified atom stereocenters. The zero-order valence-electron chi connectivity index (χ0n) is 11.0. The maximum atomic E-state index is 12.1. The number of pyridine rings is 1. The van der Waals surface area contributed by atoms with Crippen LogP contribution in [0.1, 0.15) is 11.3 Å². The molecule has 0 amide bonds. The third-order valence-corrected chi connectivity index (χ3v) is 3.34. The molecular formula is C15H15N3O. The predicted octanol–water partition coefficient (Wildman–Crippen LogP) is 2.09. The Morgan fingerprint density at radius 2 is 1.95 bits per heavy atom. The molecule has 0 aliphatic heterocycles. The number of hydrogen-bond donors (Lipinski definition) is 0. The predicted molar refractivity (Wildman–Crippen MR) is 75.3 cm³/mol. The smallest absolute Gasteiger partial charge is 0.251 e. The zero-order valence-corrected chi connectivity index (χ0v) is 11.0. The Kier molecular flexibility index (Phi) is 2.71. The van der Waals surface area contributed by atoms with Gasteiger partial charge in [-0.15, -0.1) is 0 Å². The van der Waals surface area contributed by atoms with Crippen molar-refractivity contribution < 1.29 is 0 Å². The van der Waals surface area contributed by atoms with E-state index in [9.17, 15) is 4.79 Å². The van der Waals surface area contributed by atoms with Gasteiger partial charge in [0.25, 0.3) is 5.56 Å². The van der Waals surface area contributed by atoms with Crippen molar-refractivity contribution in [2.45, 2.75) is 13.5 Å². The maximum Gasteiger partial charge on any atom is 0.251 e. The van der Waals surface area contributed by atoms with Gasteiger partial charge in [-0.25, -0.2) is 0 Å². The minimum Gasteiger partial charge on any atom is -0.304 e. The molecule has 0 atom stereocenters. The molecule has 0 spiro atoms. The van der Waals surface area contributed by atoms with E-state index in [1.807, 2.05) is 50.5 Å². The van der Waals surface area contributed by atoms with Crippen LogP contribution < -0.4 is 5.56 Å². The van der Waals surface area contributed by atoms with Gasteiger partial charge in [0.2, 0.25) is 0 Å². The van der Waals surface area contributed by atoms with E-state index < -0.39 is 0 Å². The molecule has 4 nitrogen and oxygen atoms in total. The minimum atomic E-state index is 0.0157. The molecule has 3 aromatic rings. The number of aromatic nitrogens is 3. The first kappa shape index (κ1) is 11.7. The van der Waals surface area contributed by atoms with Crippen molar-refractivity contribution in [3.05, 3.63) is 64.2 Å². The average Bonchev–Trinajstić information content (AvgIpc) is 2.71. The summed E-state index contributed by atoms with van der Waals surface area (Å²) < 4.78 is 3.57. The van der Waals surface area contributed by atoms with Gasteiger partial charge in [0.15, 0.2) is 0 Å². The van der Waals surface area contributed by atoms with Crippen LogP contribution >= 0.6 is 0 Å². The van der Waals surface area contributed by atoms with Crippen molar-refractivity contribution in [2.24, 2.45) is 7.05 Å². The van der Waals surface area contributed by atoms with Crippen LogP contribution in [0.15, 0.2) is 47.4 Å². The molecule has 2 heterocycles. The van der Waals surface area contributed by atoms with Gasteiger partial charge in [0.05, 0.1) is 17.8 Å². The summed E-state index contributed by atoms with van der Waals surface area (Å²) in [7, 11) is 1.89. The molecule has 0 fully saturated rings. The molecule has 0 radical (unpaired) electrons. The lowest BCUT2D eigenvalue weighted by atomic mass is 10.2. The third-order valence-electron chi connectivity index (χ3n) is 3.34. The molecule has 4 heteroatoms. The standard InChI is InChI=1S/C15H15N3O/c1-11-13(9-17(2)16-11)10-18-14-6-4-3-5-12(14)7-8-15(18)19/h3-9H,10H2,1-2H3. The van der Waals surface area contributed by atoms with Gasteiger partial charge in [-0.2, -0.15) is 5.10 Å². The lowest BCUT2D eigenvalue weighted by molar-refractivity contribution is 0.755. The fraction of sp³-hybridized carbons (Fsp3) is 0.200. The van der Waals surface area contributed by atoms with Crippen LogP contribution in [-0.4, -0.2) is 14.3 Å². The zero-order chi connectivity index (χ0) is 13.4. The van der Waals surface area contributed by atoms with Gasteiger partial charge in [0, 0.05) is 24.9 Å². The van der Waals surface area contributed by atoms with Gasteiger partial charge in [-0.3, -0.25) is 9.48 Å². The fourth-order valence-electron chi connectivity index (χ4n) is 2.38. The lowest BCUT2D eigenvalue weighted by Crippen LogP contribution is -2.20. The molecular weight excluding hydrogens is 238 g/mol. The Labute approximate surface area is 110 Å². The highest BCUT2D eigenvalue weighted by Crippen LogP contribution is 2.14. The second kappa shape index (κ2) is 4.39. The normalized spacial score (nSPS) is 11.1. The first-order valence-corrected chi connectivity index (χ1v) is 6.23. The molecule has 0 N–H and O–H groups in total. The summed E-state index contributed by atoms with van der Waals surface area (Å²) in [6.07, 6.45) is 1.96. The summed E-state index contributed by atoms with van der Waals surface area (Å²) >= 11 is 0. The number of rotatable bonds is 2. The molecule has 0 aliphatic carbocycles. The molecule has 96 valence electrons. The Morgan fingerprint density at radius 1 is 1.16 bits per heavy atom. The van der Waals surface area contributed by atoms with Crippen LogP contribution in [0.3, 0.4) is 0 Å². The van der Waals surface area contributed by atoms with Gasteiger partial charge in [-0.1, -0.05) is 18.2 Å². The van der Waals surface area contributed by atoms with E-state index >= 15 is 0 Å². The van der Waals surface area contributed by atoms with Crippen molar-refractivity contribution in [3.8, 4) is 0 Å². The van der Waals surface area contributed by atoms with Crippen LogP contribution in [-0.2, 0) is 13.6 Å². The number of aryl methyl sites for hydroxylation is 2. The molecule has 0 aliphatic rings. The van der Waals surface area contributed by atoms with E-state index in [1.54, 1.807) is 15.3 Å². The molecule has 3 rings (SSSR count). The average molecular weight is 253 g/mol. The van der Waals surface area contributed by atoms with E-state index in [4.69, 9.17) is 0 Å². The van der Waals surface area contributed by atoms with E-state index in [2.05, 4.69) is 5.10 Å². The number of fused-ring (bicyclic) bond motifs is 1. The Balaban J connectivity index is 2.17. The summed E-state index contributed by atoms with van der Waals surface area (Å²) in [6, 6.07) is 11.4. The minimum absolute atomic E-state index is 0.0157. The number of nitrogens with zero attached hydrogens (tertiary/aromatic N) is 3. The molecule has 19 heavy (non-hydrogen) atoms. The highest BCUT2D eigenvalue weighted by molar-refractivity contribution is 5.78. The first-order chi connectivity index (χ1) is 9.15. The van der Waals surface area contributed by atoms with Gasteiger partial charge in [0.1, 0.15) is 0 Å². The van der Waals surface area contributed by atoms with Crippen molar-refractivity contribution in [2.75, 3.05) is 0 Å². The SMILES string of the molecule is Cc1nn(C)cc1Cn1c(=O)ccc2ccccc21. The van der Waals surface area contributed by atoms with E-state index in [0.717, 1.165) is 22.2 Å². The van der Waals surface area contributed by atoms with Crippen LogP contribution in [0.25, 0.3) is 10.9 Å². The van der Waals surface area contributed by atoms with Crippen LogP contribution in [0.2, 0.25) is 0 Å². The van der Waals surface area contributed by atoms with Gasteiger partial charge < -0.3 is 4.57 Å². The fourth-order valence-corrected chi connectivity index (χ4v) is 2.38. The van der Waals surface area contributed by atoms with Gasteiger partial charge in [-0.05, 0) is 24.4 Å². The van der Waals surface area contributed by atoms with E-state index in [1.165, 1.54) is 0 Å². The highest BCUT2D eigenvalue weighted by Gasteiger charge is 2.07. The highest BCUT2D eigenvalue weighted by atomic mass is 16.1. The second-order valence-electron chi connectivity index (χ2n) is 4.73. The largest absolute Gasteiger partial charge is 0.304 e. The summed E-state index contributed by atoms with van der Waals surface area (Å²) in [4.78, 5) is 12.1.